The van der Waals surface area contributed by atoms with Crippen LogP contribution in [0.2, 0.25) is 0 Å². The molecule has 128 valence electrons. The van der Waals surface area contributed by atoms with Crippen molar-refractivity contribution in [3.8, 4) is 0 Å². The van der Waals surface area contributed by atoms with Crippen LogP contribution >= 0.6 is 0 Å². The molecule has 1 aromatic carbocycles. The number of aliphatic hydroxyl groups is 1. The Hall–Kier alpha value is -1.98. The number of rotatable bonds is 6. The van der Waals surface area contributed by atoms with Crippen LogP contribution < -0.4 is 10.2 Å². The number of pyridine rings is 1. The number of quaternary nitrogens is 1. The number of para-hydroxylation sites is 1. The quantitative estimate of drug-likeness (QED) is 0.796. The molecule has 2 heterocycles. The molecule has 24 heavy (non-hydrogen) atoms. The Bertz CT molecular complexity index is 784. The Morgan fingerprint density at radius 1 is 1.25 bits per heavy atom. The van der Waals surface area contributed by atoms with E-state index >= 15 is 0 Å². The van der Waals surface area contributed by atoms with Crippen molar-refractivity contribution >= 4 is 33.9 Å². The molecule has 0 saturated carbocycles. The maximum absolute atomic E-state index is 10.0. The first kappa shape index (κ1) is 16.9. The van der Waals surface area contributed by atoms with Crippen LogP contribution in [0, 0.1) is 5.92 Å². The SMILES string of the molecule is CCCC[N+]1(CC(C)C)C(CO)=Nc2c(N)nc3ccccc3c21. The van der Waals surface area contributed by atoms with Gasteiger partial charge in [0.05, 0.1) is 24.0 Å². The van der Waals surface area contributed by atoms with Crippen molar-refractivity contribution in [3.63, 3.8) is 0 Å². The van der Waals surface area contributed by atoms with Gasteiger partial charge in [0.2, 0.25) is 5.84 Å². The summed E-state index contributed by atoms with van der Waals surface area (Å²) in [4.78, 5) is 9.25. The molecule has 1 aliphatic rings. The topological polar surface area (TPSA) is 71.5 Å². The van der Waals surface area contributed by atoms with E-state index in [4.69, 9.17) is 10.7 Å². The maximum Gasteiger partial charge on any atom is 0.235 e. The molecular formula is C19H27N4O+. The van der Waals surface area contributed by atoms with Crippen LogP contribution in [0.4, 0.5) is 17.2 Å². The first-order valence-electron chi connectivity index (χ1n) is 8.78. The normalized spacial score (nSPS) is 19.8. The number of hydrogen-bond donors (Lipinski definition) is 2. The van der Waals surface area contributed by atoms with Gasteiger partial charge in [0.1, 0.15) is 6.61 Å². The van der Waals surface area contributed by atoms with Crippen LogP contribution in [0.25, 0.3) is 10.9 Å². The minimum atomic E-state index is -0.0567. The average molecular weight is 327 g/mol. The van der Waals surface area contributed by atoms with Gasteiger partial charge in [-0.25, -0.2) is 9.47 Å². The Kier molecular flexibility index (Phi) is 4.56. The Balaban J connectivity index is 2.31. The van der Waals surface area contributed by atoms with E-state index < -0.39 is 0 Å². The number of amidine groups is 1. The molecule has 3 rings (SSSR count). The second-order valence-corrected chi connectivity index (χ2v) is 7.02. The Labute approximate surface area is 143 Å². The molecule has 0 radical (unpaired) electrons. The van der Waals surface area contributed by atoms with Crippen molar-refractivity contribution in [2.24, 2.45) is 10.9 Å². The van der Waals surface area contributed by atoms with Gasteiger partial charge in [-0.15, -0.1) is 0 Å². The highest BCUT2D eigenvalue weighted by molar-refractivity contribution is 6.13. The predicted octanol–water partition coefficient (Wildman–Crippen LogP) is 3.62. The molecule has 0 fully saturated rings. The van der Waals surface area contributed by atoms with E-state index in [1.165, 1.54) is 0 Å². The molecule has 0 aliphatic carbocycles. The number of aliphatic imine (C=N–C) groups is 1. The number of nitrogens with two attached hydrogens (primary N) is 1. The molecule has 1 aliphatic heterocycles. The molecule has 1 atom stereocenters. The summed E-state index contributed by atoms with van der Waals surface area (Å²) in [5, 5.41) is 11.1. The lowest BCUT2D eigenvalue weighted by Crippen LogP contribution is -2.56. The number of fused-ring (bicyclic) bond motifs is 3. The molecule has 2 aromatic rings. The lowest BCUT2D eigenvalue weighted by Gasteiger charge is -2.36. The standard InChI is InChI=1S/C19H27N4O/c1-4-5-10-23(11-13(2)3)16(12-24)22-17-18(23)14-8-6-7-9-15(14)21-19(17)20/h6-9,13,24H,4-5,10-12H2,1-3H3,(H2,20,21)/q+1. The number of unbranched alkanes of at least 4 members (excludes halogenated alkanes) is 1. The second-order valence-electron chi connectivity index (χ2n) is 7.02. The summed E-state index contributed by atoms with van der Waals surface area (Å²) in [5.74, 6) is 1.71. The van der Waals surface area contributed by atoms with Gasteiger partial charge < -0.3 is 10.8 Å². The van der Waals surface area contributed by atoms with Gasteiger partial charge in [-0.05, 0) is 18.6 Å². The van der Waals surface area contributed by atoms with E-state index in [1.54, 1.807) is 0 Å². The smallest absolute Gasteiger partial charge is 0.235 e. The third kappa shape index (κ3) is 2.58. The average Bonchev–Trinajstić information content (AvgIpc) is 2.88. The molecule has 3 N–H and O–H groups in total. The van der Waals surface area contributed by atoms with Gasteiger partial charge >= 0.3 is 0 Å². The first-order valence-corrected chi connectivity index (χ1v) is 8.78. The molecule has 1 aromatic heterocycles. The first-order chi connectivity index (χ1) is 11.5. The highest BCUT2D eigenvalue weighted by Crippen LogP contribution is 2.48. The molecule has 0 saturated heterocycles. The molecule has 5 nitrogen and oxygen atoms in total. The van der Waals surface area contributed by atoms with E-state index in [-0.39, 0.29) is 6.61 Å². The van der Waals surface area contributed by atoms with Crippen LogP contribution in [0.5, 0.6) is 0 Å². The second kappa shape index (κ2) is 6.49. The van der Waals surface area contributed by atoms with Crippen LogP contribution in [0.15, 0.2) is 29.3 Å². The zero-order valence-corrected chi connectivity index (χ0v) is 14.8. The van der Waals surface area contributed by atoms with Crippen molar-refractivity contribution in [2.45, 2.75) is 33.6 Å². The van der Waals surface area contributed by atoms with E-state index in [0.29, 0.717) is 16.2 Å². The molecule has 0 amide bonds. The van der Waals surface area contributed by atoms with Gasteiger partial charge in [-0.3, -0.25) is 0 Å². The summed E-state index contributed by atoms with van der Waals surface area (Å²) in [5.41, 5.74) is 8.98. The fraction of sp³-hybridized carbons (Fsp3) is 0.474. The maximum atomic E-state index is 10.0. The number of nitrogen functional groups attached to an aromatic ring is 1. The third-order valence-corrected chi connectivity index (χ3v) is 4.74. The van der Waals surface area contributed by atoms with Crippen LogP contribution in [-0.4, -0.2) is 35.6 Å². The van der Waals surface area contributed by atoms with Crippen LogP contribution in [-0.2, 0) is 0 Å². The van der Waals surface area contributed by atoms with Crippen molar-refractivity contribution < 1.29 is 5.11 Å². The highest BCUT2D eigenvalue weighted by Gasteiger charge is 2.46. The van der Waals surface area contributed by atoms with Gasteiger partial charge in [0.25, 0.3) is 0 Å². The van der Waals surface area contributed by atoms with Gasteiger partial charge in [-0.2, -0.15) is 4.99 Å². The number of benzene rings is 1. The van der Waals surface area contributed by atoms with E-state index in [1.807, 2.05) is 18.2 Å². The fourth-order valence-corrected chi connectivity index (χ4v) is 3.85. The van der Waals surface area contributed by atoms with E-state index in [0.717, 1.165) is 54.0 Å². The molecule has 0 bridgehead atoms. The fourth-order valence-electron chi connectivity index (χ4n) is 3.85. The summed E-state index contributed by atoms with van der Waals surface area (Å²) in [7, 11) is 0. The van der Waals surface area contributed by atoms with Gasteiger partial charge in [-0.1, -0.05) is 39.3 Å². The summed E-state index contributed by atoms with van der Waals surface area (Å²) in [6.07, 6.45) is 2.17. The monoisotopic (exact) mass is 327 g/mol. The van der Waals surface area contributed by atoms with Crippen LogP contribution in [0.3, 0.4) is 0 Å². The van der Waals surface area contributed by atoms with Gasteiger partial charge in [0.15, 0.2) is 17.2 Å². The summed E-state index contributed by atoms with van der Waals surface area (Å²) < 4.78 is 0.602. The van der Waals surface area contributed by atoms with Crippen molar-refractivity contribution in [1.82, 2.24) is 9.47 Å². The minimum Gasteiger partial charge on any atom is -0.384 e. The minimum absolute atomic E-state index is 0.0567. The molecule has 5 heteroatoms. The largest absolute Gasteiger partial charge is 0.384 e. The number of hydrogen-bond acceptors (Lipinski definition) is 4. The summed E-state index contributed by atoms with van der Waals surface area (Å²) in [6.45, 7) is 8.39. The molecule has 1 unspecified atom stereocenters. The zero-order valence-electron chi connectivity index (χ0n) is 14.8. The highest BCUT2D eigenvalue weighted by atomic mass is 16.3. The number of aliphatic hydroxyl groups excluding tert-OH is 1. The van der Waals surface area contributed by atoms with Crippen molar-refractivity contribution in [1.29, 1.82) is 0 Å². The number of nitrogens with zero attached hydrogens (tertiary/aromatic N) is 3. The number of aromatic nitrogens is 1. The lowest BCUT2D eigenvalue weighted by molar-refractivity contribution is 0.304. The third-order valence-electron chi connectivity index (χ3n) is 4.74. The zero-order chi connectivity index (χ0) is 17.3. The summed E-state index contributed by atoms with van der Waals surface area (Å²) in [6, 6.07) is 8.09. The van der Waals surface area contributed by atoms with E-state index in [2.05, 4.69) is 31.8 Å². The number of anilines is 1. The lowest BCUT2D eigenvalue weighted by atomic mass is 10.0. The predicted molar refractivity (Wildman–Crippen MR) is 102 cm³/mol. The van der Waals surface area contributed by atoms with Crippen LogP contribution in [0.1, 0.15) is 33.6 Å². The van der Waals surface area contributed by atoms with Crippen molar-refractivity contribution in [3.05, 3.63) is 24.3 Å². The van der Waals surface area contributed by atoms with Gasteiger partial charge in [0, 0.05) is 5.92 Å². The summed E-state index contributed by atoms with van der Waals surface area (Å²) >= 11 is 0. The molecular weight excluding hydrogens is 300 g/mol. The van der Waals surface area contributed by atoms with Crippen molar-refractivity contribution in [2.75, 3.05) is 25.4 Å². The molecule has 0 spiro atoms. The Morgan fingerprint density at radius 3 is 2.67 bits per heavy atom. The Morgan fingerprint density at radius 2 is 2.00 bits per heavy atom. The van der Waals surface area contributed by atoms with E-state index in [9.17, 15) is 5.11 Å².